The van der Waals surface area contributed by atoms with Crippen LogP contribution >= 0.6 is 0 Å². The molecule has 0 aliphatic rings. The molecule has 5 nitrogen and oxygen atoms in total. The van der Waals surface area contributed by atoms with E-state index in [4.69, 9.17) is 10.8 Å². The van der Waals surface area contributed by atoms with Crippen molar-refractivity contribution in [3.8, 4) is 0 Å². The predicted molar refractivity (Wildman–Crippen MR) is 57.3 cm³/mol. The van der Waals surface area contributed by atoms with E-state index in [0.717, 1.165) is 12.8 Å². The number of carboxylic acids is 1. The van der Waals surface area contributed by atoms with Crippen LogP contribution in [0.5, 0.6) is 0 Å². The monoisotopic (exact) mass is 216 g/mol. The Morgan fingerprint density at radius 2 is 1.93 bits per heavy atom. The third-order valence-corrected chi connectivity index (χ3v) is 2.27. The van der Waals surface area contributed by atoms with Gasteiger partial charge in [0.15, 0.2) is 0 Å². The Morgan fingerprint density at radius 3 is 2.40 bits per heavy atom. The topological polar surface area (TPSA) is 92.4 Å². The van der Waals surface area contributed by atoms with Crippen LogP contribution in [0.2, 0.25) is 0 Å². The first-order valence-electron chi connectivity index (χ1n) is 5.19. The average Bonchev–Trinajstić information content (AvgIpc) is 2.15. The van der Waals surface area contributed by atoms with Crippen molar-refractivity contribution < 1.29 is 14.7 Å². The highest BCUT2D eigenvalue weighted by molar-refractivity contribution is 5.83. The Morgan fingerprint density at radius 1 is 1.33 bits per heavy atom. The Bertz CT molecular complexity index is 219. The summed E-state index contributed by atoms with van der Waals surface area (Å²) >= 11 is 0. The second-order valence-corrected chi connectivity index (χ2v) is 3.85. The zero-order chi connectivity index (χ0) is 11.8. The lowest BCUT2D eigenvalue weighted by Gasteiger charge is -2.11. The first kappa shape index (κ1) is 13.9. The van der Waals surface area contributed by atoms with Gasteiger partial charge >= 0.3 is 5.97 Å². The molecule has 88 valence electrons. The van der Waals surface area contributed by atoms with Crippen LogP contribution in [0.4, 0.5) is 0 Å². The van der Waals surface area contributed by atoms with Crippen molar-refractivity contribution in [2.75, 3.05) is 6.54 Å². The van der Waals surface area contributed by atoms with E-state index in [-0.39, 0.29) is 5.91 Å². The summed E-state index contributed by atoms with van der Waals surface area (Å²) in [6.45, 7) is 4.10. The van der Waals surface area contributed by atoms with Crippen LogP contribution in [0.15, 0.2) is 0 Å². The summed E-state index contributed by atoms with van der Waals surface area (Å²) in [5.74, 6) is -0.826. The molecule has 4 N–H and O–H groups in total. The molecule has 0 heterocycles. The van der Waals surface area contributed by atoms with E-state index < -0.39 is 12.0 Å². The number of nitrogens with two attached hydrogens (primary N) is 1. The molecule has 0 aromatic heterocycles. The Labute approximate surface area is 90.0 Å². The van der Waals surface area contributed by atoms with Crippen LogP contribution in [0.3, 0.4) is 0 Å². The molecule has 15 heavy (non-hydrogen) atoms. The molecule has 1 amide bonds. The zero-order valence-corrected chi connectivity index (χ0v) is 9.32. The number of amides is 1. The molecule has 0 rings (SSSR count). The Kier molecular flexibility index (Phi) is 6.70. The third-order valence-electron chi connectivity index (χ3n) is 2.27. The van der Waals surface area contributed by atoms with Gasteiger partial charge in [-0.25, -0.2) is 0 Å². The van der Waals surface area contributed by atoms with Crippen molar-refractivity contribution in [2.24, 2.45) is 11.7 Å². The molecule has 0 aromatic carbocycles. The summed E-state index contributed by atoms with van der Waals surface area (Å²) in [5, 5.41) is 11.0. The molecule has 0 aromatic rings. The minimum absolute atomic E-state index is 0.214. The van der Waals surface area contributed by atoms with Gasteiger partial charge in [-0.05, 0) is 32.2 Å². The number of carboxylic acid groups (broad SMARTS) is 1. The van der Waals surface area contributed by atoms with Gasteiger partial charge in [-0.3, -0.25) is 9.59 Å². The maximum Gasteiger partial charge on any atom is 0.325 e. The molecule has 2 unspecified atom stereocenters. The second-order valence-electron chi connectivity index (χ2n) is 3.85. The smallest absolute Gasteiger partial charge is 0.325 e. The highest BCUT2D eigenvalue weighted by Gasteiger charge is 2.14. The third kappa shape index (κ3) is 6.90. The number of nitrogens with one attached hydrogen (secondary N) is 1. The van der Waals surface area contributed by atoms with Gasteiger partial charge in [0, 0.05) is 6.42 Å². The molecule has 0 radical (unpaired) electrons. The Balaban J connectivity index is 3.70. The summed E-state index contributed by atoms with van der Waals surface area (Å²) < 4.78 is 0. The normalized spacial score (nSPS) is 14.3. The van der Waals surface area contributed by atoms with Crippen molar-refractivity contribution in [3.63, 3.8) is 0 Å². The van der Waals surface area contributed by atoms with E-state index in [1.54, 1.807) is 0 Å². The van der Waals surface area contributed by atoms with E-state index in [1.807, 2.05) is 6.92 Å². The van der Waals surface area contributed by atoms with Crippen LogP contribution in [0, 0.1) is 5.92 Å². The quantitative estimate of drug-likeness (QED) is 0.572. The maximum atomic E-state index is 11.3. The molecule has 0 spiro atoms. The van der Waals surface area contributed by atoms with Crippen molar-refractivity contribution in [3.05, 3.63) is 0 Å². The molecular weight excluding hydrogens is 196 g/mol. The molecule has 0 fully saturated rings. The highest BCUT2D eigenvalue weighted by atomic mass is 16.4. The zero-order valence-electron chi connectivity index (χ0n) is 9.32. The lowest BCUT2D eigenvalue weighted by atomic mass is 10.0. The summed E-state index contributed by atoms with van der Waals surface area (Å²) in [5.41, 5.74) is 5.38. The van der Waals surface area contributed by atoms with E-state index in [9.17, 15) is 9.59 Å². The van der Waals surface area contributed by atoms with Crippen molar-refractivity contribution >= 4 is 11.9 Å². The van der Waals surface area contributed by atoms with Crippen LogP contribution in [-0.2, 0) is 9.59 Å². The van der Waals surface area contributed by atoms with Crippen molar-refractivity contribution in [2.45, 2.75) is 39.2 Å². The lowest BCUT2D eigenvalue weighted by Crippen LogP contribution is -2.38. The number of hydrogen-bond acceptors (Lipinski definition) is 3. The fourth-order valence-corrected chi connectivity index (χ4v) is 1.18. The molecule has 5 heteroatoms. The van der Waals surface area contributed by atoms with Gasteiger partial charge in [-0.15, -0.1) is 0 Å². The number of rotatable bonds is 7. The van der Waals surface area contributed by atoms with Crippen LogP contribution in [0.25, 0.3) is 0 Å². The highest BCUT2D eigenvalue weighted by Crippen LogP contribution is 2.08. The van der Waals surface area contributed by atoms with Gasteiger partial charge in [0.25, 0.3) is 0 Å². The first-order chi connectivity index (χ1) is 6.97. The average molecular weight is 216 g/mol. The van der Waals surface area contributed by atoms with Crippen LogP contribution < -0.4 is 11.1 Å². The molecule has 0 saturated heterocycles. The van der Waals surface area contributed by atoms with Gasteiger partial charge in [0.2, 0.25) is 5.91 Å². The molecule has 0 aliphatic carbocycles. The van der Waals surface area contributed by atoms with Gasteiger partial charge in [0.1, 0.15) is 6.04 Å². The maximum absolute atomic E-state index is 11.3. The second kappa shape index (κ2) is 7.23. The summed E-state index contributed by atoms with van der Waals surface area (Å²) in [6, 6.07) is -0.817. The summed E-state index contributed by atoms with van der Waals surface area (Å²) in [4.78, 5) is 21.7. The van der Waals surface area contributed by atoms with Crippen LogP contribution in [-0.4, -0.2) is 29.6 Å². The summed E-state index contributed by atoms with van der Waals surface area (Å²) in [6.07, 6.45) is 2.00. The van der Waals surface area contributed by atoms with E-state index >= 15 is 0 Å². The van der Waals surface area contributed by atoms with Crippen molar-refractivity contribution in [1.29, 1.82) is 0 Å². The number of carbonyl (C=O) groups excluding carboxylic acids is 1. The summed E-state index contributed by atoms with van der Waals surface area (Å²) in [7, 11) is 0. The number of carbonyl (C=O) groups is 2. The minimum atomic E-state index is -1.02. The van der Waals surface area contributed by atoms with E-state index in [2.05, 4.69) is 5.32 Å². The largest absolute Gasteiger partial charge is 0.480 e. The van der Waals surface area contributed by atoms with Gasteiger partial charge in [-0.1, -0.05) is 6.92 Å². The molecule has 2 atom stereocenters. The first-order valence-corrected chi connectivity index (χ1v) is 5.19. The SMILES string of the molecule is CC(CCN)CCC(=O)NC(C)C(=O)O. The van der Waals surface area contributed by atoms with Gasteiger partial charge < -0.3 is 16.2 Å². The molecule has 0 bridgehead atoms. The number of hydrogen-bond donors (Lipinski definition) is 3. The number of aliphatic carboxylic acids is 1. The van der Waals surface area contributed by atoms with Crippen molar-refractivity contribution in [1.82, 2.24) is 5.32 Å². The van der Waals surface area contributed by atoms with Crippen LogP contribution in [0.1, 0.15) is 33.1 Å². The van der Waals surface area contributed by atoms with E-state index in [1.165, 1.54) is 6.92 Å². The van der Waals surface area contributed by atoms with E-state index in [0.29, 0.717) is 18.9 Å². The standard InChI is InChI=1S/C10H20N2O3/c1-7(5-6-11)3-4-9(13)12-8(2)10(14)15/h7-8H,3-6,11H2,1-2H3,(H,12,13)(H,14,15). The predicted octanol–water partition coefficient (Wildman–Crippen LogP) is 0.341. The molecule has 0 saturated carbocycles. The minimum Gasteiger partial charge on any atom is -0.480 e. The lowest BCUT2D eigenvalue weighted by molar-refractivity contribution is -0.141. The fourth-order valence-electron chi connectivity index (χ4n) is 1.18. The Hall–Kier alpha value is -1.10. The molecular formula is C10H20N2O3. The molecule has 0 aliphatic heterocycles. The van der Waals surface area contributed by atoms with Gasteiger partial charge in [-0.2, -0.15) is 0 Å². The fraction of sp³-hybridized carbons (Fsp3) is 0.800. The van der Waals surface area contributed by atoms with Gasteiger partial charge in [0.05, 0.1) is 0 Å².